The fourth-order valence-corrected chi connectivity index (χ4v) is 2.19. The van der Waals surface area contributed by atoms with Crippen molar-refractivity contribution in [2.45, 2.75) is 51.1 Å². The molecule has 0 amide bonds. The fourth-order valence-electron chi connectivity index (χ4n) is 2.19. The Morgan fingerprint density at radius 3 is 2.69 bits per heavy atom. The molecule has 0 atom stereocenters. The van der Waals surface area contributed by atoms with Crippen LogP contribution in [0.2, 0.25) is 0 Å². The summed E-state index contributed by atoms with van der Waals surface area (Å²) in [6, 6.07) is 2.40. The molecular formula is C12H20N4. The summed E-state index contributed by atoms with van der Waals surface area (Å²) in [5, 5.41) is 3.42. The van der Waals surface area contributed by atoms with E-state index in [1.165, 1.54) is 38.5 Å². The first-order valence-electron chi connectivity index (χ1n) is 6.17. The number of hydrogen-bond donors (Lipinski definition) is 2. The molecule has 1 aliphatic rings. The molecule has 88 valence electrons. The maximum absolute atomic E-state index is 5.56. The molecule has 4 heteroatoms. The summed E-state index contributed by atoms with van der Waals surface area (Å²) in [7, 11) is 0. The summed E-state index contributed by atoms with van der Waals surface area (Å²) in [5.41, 5.74) is 6.45. The van der Waals surface area contributed by atoms with Gasteiger partial charge in [-0.15, -0.1) is 0 Å². The normalized spacial score (nSPS) is 18.1. The average molecular weight is 220 g/mol. The highest BCUT2D eigenvalue weighted by Crippen LogP contribution is 2.19. The van der Waals surface area contributed by atoms with Crippen LogP contribution in [-0.4, -0.2) is 16.0 Å². The summed E-state index contributed by atoms with van der Waals surface area (Å²) in [6.45, 7) is 0.474. The van der Waals surface area contributed by atoms with E-state index < -0.39 is 0 Å². The first kappa shape index (κ1) is 11.3. The molecule has 0 radical (unpaired) electrons. The lowest BCUT2D eigenvalue weighted by atomic mass is 10.1. The monoisotopic (exact) mass is 220 g/mol. The van der Waals surface area contributed by atoms with Crippen LogP contribution in [0, 0.1) is 0 Å². The number of nitrogens with one attached hydrogen (secondary N) is 1. The Kier molecular flexibility index (Phi) is 4.10. The van der Waals surface area contributed by atoms with E-state index in [1.54, 1.807) is 6.20 Å². The largest absolute Gasteiger partial charge is 0.351 e. The lowest BCUT2D eigenvalue weighted by Crippen LogP contribution is -2.20. The van der Waals surface area contributed by atoms with Crippen molar-refractivity contribution in [1.82, 2.24) is 9.97 Å². The van der Waals surface area contributed by atoms with E-state index in [-0.39, 0.29) is 0 Å². The predicted molar refractivity (Wildman–Crippen MR) is 65.0 cm³/mol. The van der Waals surface area contributed by atoms with E-state index in [0.717, 1.165) is 11.6 Å². The van der Waals surface area contributed by atoms with Gasteiger partial charge in [0.05, 0.1) is 5.69 Å². The standard InChI is InChI=1S/C12H20N4/c13-9-11-7-8-14-12(16-11)15-10-5-3-1-2-4-6-10/h7-8,10H,1-6,9,13H2,(H,14,15,16). The van der Waals surface area contributed by atoms with E-state index in [9.17, 15) is 0 Å². The summed E-state index contributed by atoms with van der Waals surface area (Å²) < 4.78 is 0. The second kappa shape index (κ2) is 5.80. The van der Waals surface area contributed by atoms with Gasteiger partial charge in [-0.1, -0.05) is 25.7 Å². The molecule has 0 unspecified atom stereocenters. The molecule has 4 nitrogen and oxygen atoms in total. The molecule has 1 saturated carbocycles. The van der Waals surface area contributed by atoms with Gasteiger partial charge in [-0.25, -0.2) is 9.97 Å². The third-order valence-corrected chi connectivity index (χ3v) is 3.11. The van der Waals surface area contributed by atoms with Crippen molar-refractivity contribution in [2.75, 3.05) is 5.32 Å². The first-order valence-corrected chi connectivity index (χ1v) is 6.17. The number of anilines is 1. The smallest absolute Gasteiger partial charge is 0.223 e. The Labute approximate surface area is 96.7 Å². The van der Waals surface area contributed by atoms with Gasteiger partial charge in [-0.05, 0) is 18.9 Å². The molecule has 0 aromatic carbocycles. The van der Waals surface area contributed by atoms with Gasteiger partial charge in [-0.2, -0.15) is 0 Å². The van der Waals surface area contributed by atoms with Crippen LogP contribution in [0.1, 0.15) is 44.2 Å². The lowest BCUT2D eigenvalue weighted by molar-refractivity contribution is 0.614. The summed E-state index contributed by atoms with van der Waals surface area (Å²) in [4.78, 5) is 8.60. The van der Waals surface area contributed by atoms with Gasteiger partial charge in [0.25, 0.3) is 0 Å². The molecular weight excluding hydrogens is 200 g/mol. The number of rotatable bonds is 3. The maximum atomic E-state index is 5.56. The second-order valence-electron chi connectivity index (χ2n) is 4.41. The second-order valence-corrected chi connectivity index (χ2v) is 4.41. The van der Waals surface area contributed by atoms with Crippen molar-refractivity contribution in [3.63, 3.8) is 0 Å². The Morgan fingerprint density at radius 1 is 1.25 bits per heavy atom. The molecule has 2 rings (SSSR count). The molecule has 0 saturated heterocycles. The van der Waals surface area contributed by atoms with Crippen molar-refractivity contribution in [3.8, 4) is 0 Å². The van der Waals surface area contributed by atoms with E-state index in [4.69, 9.17) is 5.73 Å². The van der Waals surface area contributed by atoms with E-state index in [0.29, 0.717) is 12.6 Å². The van der Waals surface area contributed by atoms with Gasteiger partial charge in [0, 0.05) is 18.8 Å². The highest BCUT2D eigenvalue weighted by molar-refractivity contribution is 5.26. The minimum Gasteiger partial charge on any atom is -0.351 e. The van der Waals surface area contributed by atoms with Gasteiger partial charge in [0.1, 0.15) is 0 Å². The van der Waals surface area contributed by atoms with Gasteiger partial charge in [0.2, 0.25) is 5.95 Å². The van der Waals surface area contributed by atoms with Crippen molar-refractivity contribution >= 4 is 5.95 Å². The average Bonchev–Trinajstić information content (AvgIpc) is 2.58. The molecule has 1 heterocycles. The number of nitrogens with zero attached hydrogens (tertiary/aromatic N) is 2. The van der Waals surface area contributed by atoms with Crippen molar-refractivity contribution < 1.29 is 0 Å². The molecule has 1 fully saturated rings. The summed E-state index contributed by atoms with van der Waals surface area (Å²) in [5.74, 6) is 0.731. The highest BCUT2D eigenvalue weighted by atomic mass is 15.1. The molecule has 1 aromatic heterocycles. The van der Waals surface area contributed by atoms with Crippen LogP contribution < -0.4 is 11.1 Å². The number of hydrogen-bond acceptors (Lipinski definition) is 4. The molecule has 0 bridgehead atoms. The van der Waals surface area contributed by atoms with Crippen LogP contribution in [0.25, 0.3) is 0 Å². The van der Waals surface area contributed by atoms with Crippen LogP contribution in [0.5, 0.6) is 0 Å². The molecule has 0 spiro atoms. The summed E-state index contributed by atoms with van der Waals surface area (Å²) >= 11 is 0. The highest BCUT2D eigenvalue weighted by Gasteiger charge is 2.12. The topological polar surface area (TPSA) is 63.8 Å². The number of aromatic nitrogens is 2. The van der Waals surface area contributed by atoms with Crippen LogP contribution in [0.15, 0.2) is 12.3 Å². The molecule has 16 heavy (non-hydrogen) atoms. The van der Waals surface area contributed by atoms with E-state index in [1.807, 2.05) is 6.07 Å². The zero-order valence-corrected chi connectivity index (χ0v) is 9.65. The van der Waals surface area contributed by atoms with Crippen LogP contribution >= 0.6 is 0 Å². The zero-order valence-electron chi connectivity index (χ0n) is 9.65. The van der Waals surface area contributed by atoms with Gasteiger partial charge in [0.15, 0.2) is 0 Å². The predicted octanol–water partition coefficient (Wildman–Crippen LogP) is 2.07. The van der Waals surface area contributed by atoms with Crippen molar-refractivity contribution in [2.24, 2.45) is 5.73 Å². The SMILES string of the molecule is NCc1ccnc(NC2CCCCCC2)n1. The first-order chi connectivity index (χ1) is 7.88. The van der Waals surface area contributed by atoms with Crippen LogP contribution in [0.4, 0.5) is 5.95 Å². The zero-order chi connectivity index (χ0) is 11.2. The third kappa shape index (κ3) is 3.17. The van der Waals surface area contributed by atoms with Gasteiger partial charge < -0.3 is 11.1 Å². The van der Waals surface area contributed by atoms with Crippen LogP contribution in [-0.2, 0) is 6.54 Å². The minimum absolute atomic E-state index is 0.474. The lowest BCUT2D eigenvalue weighted by Gasteiger charge is -2.16. The van der Waals surface area contributed by atoms with Crippen LogP contribution in [0.3, 0.4) is 0 Å². The molecule has 1 aromatic rings. The maximum Gasteiger partial charge on any atom is 0.223 e. The van der Waals surface area contributed by atoms with Gasteiger partial charge in [-0.3, -0.25) is 0 Å². The van der Waals surface area contributed by atoms with Crippen molar-refractivity contribution in [1.29, 1.82) is 0 Å². The Balaban J connectivity index is 1.96. The fraction of sp³-hybridized carbons (Fsp3) is 0.667. The van der Waals surface area contributed by atoms with E-state index in [2.05, 4.69) is 15.3 Å². The number of nitrogens with two attached hydrogens (primary N) is 1. The Hall–Kier alpha value is -1.16. The summed E-state index contributed by atoms with van der Waals surface area (Å²) in [6.07, 6.45) is 9.59. The Bertz CT molecular complexity index is 319. The van der Waals surface area contributed by atoms with Gasteiger partial charge >= 0.3 is 0 Å². The quantitative estimate of drug-likeness (QED) is 0.765. The third-order valence-electron chi connectivity index (χ3n) is 3.11. The molecule has 3 N–H and O–H groups in total. The Morgan fingerprint density at radius 2 is 2.00 bits per heavy atom. The minimum atomic E-state index is 0.474. The van der Waals surface area contributed by atoms with Crippen molar-refractivity contribution in [3.05, 3.63) is 18.0 Å². The molecule has 0 aliphatic heterocycles. The van der Waals surface area contributed by atoms with E-state index >= 15 is 0 Å². The molecule has 1 aliphatic carbocycles.